The van der Waals surface area contributed by atoms with Crippen LogP contribution in [0.5, 0.6) is 5.75 Å². The molecule has 0 unspecified atom stereocenters. The second kappa shape index (κ2) is 10.8. The molecule has 0 aliphatic carbocycles. The number of hydrogen-bond donors (Lipinski definition) is 1. The summed E-state index contributed by atoms with van der Waals surface area (Å²) >= 11 is 0. The molecule has 0 bridgehead atoms. The lowest BCUT2D eigenvalue weighted by atomic mass is 10.2. The quantitative estimate of drug-likeness (QED) is 0.406. The van der Waals surface area contributed by atoms with Gasteiger partial charge in [-0.25, -0.2) is 4.79 Å². The van der Waals surface area contributed by atoms with E-state index in [0.29, 0.717) is 31.7 Å². The van der Waals surface area contributed by atoms with E-state index in [1.165, 1.54) is 11.6 Å². The van der Waals surface area contributed by atoms with E-state index < -0.39 is 0 Å². The SMILES string of the molecule is CCOC(=O)/C=C/c1ccc(NC(=O)CCCOc2ccc(C)cc2)cc1. The number of esters is 1. The van der Waals surface area contributed by atoms with E-state index in [4.69, 9.17) is 9.47 Å². The molecule has 1 N–H and O–H groups in total. The molecule has 5 nitrogen and oxygen atoms in total. The molecule has 2 rings (SSSR count). The van der Waals surface area contributed by atoms with E-state index in [2.05, 4.69) is 5.32 Å². The van der Waals surface area contributed by atoms with Gasteiger partial charge in [-0.15, -0.1) is 0 Å². The van der Waals surface area contributed by atoms with E-state index in [1.807, 2.05) is 43.3 Å². The minimum absolute atomic E-state index is 0.0580. The fourth-order valence-corrected chi connectivity index (χ4v) is 2.31. The summed E-state index contributed by atoms with van der Waals surface area (Å²) in [4.78, 5) is 23.3. The summed E-state index contributed by atoms with van der Waals surface area (Å²) in [5.74, 6) is 0.382. The van der Waals surface area contributed by atoms with Gasteiger partial charge < -0.3 is 14.8 Å². The van der Waals surface area contributed by atoms with Gasteiger partial charge in [-0.05, 0) is 56.2 Å². The van der Waals surface area contributed by atoms with Crippen LogP contribution in [0.2, 0.25) is 0 Å². The van der Waals surface area contributed by atoms with Crippen molar-refractivity contribution in [1.29, 1.82) is 0 Å². The van der Waals surface area contributed by atoms with Crippen molar-refractivity contribution in [3.05, 3.63) is 65.7 Å². The van der Waals surface area contributed by atoms with Gasteiger partial charge in [-0.3, -0.25) is 4.79 Å². The highest BCUT2D eigenvalue weighted by molar-refractivity contribution is 5.91. The lowest BCUT2D eigenvalue weighted by Crippen LogP contribution is -2.12. The van der Waals surface area contributed by atoms with E-state index in [9.17, 15) is 9.59 Å². The fourth-order valence-electron chi connectivity index (χ4n) is 2.31. The number of anilines is 1. The summed E-state index contributed by atoms with van der Waals surface area (Å²) in [7, 11) is 0. The van der Waals surface area contributed by atoms with Crippen LogP contribution >= 0.6 is 0 Å². The average molecular weight is 367 g/mol. The lowest BCUT2D eigenvalue weighted by Gasteiger charge is -2.07. The van der Waals surface area contributed by atoms with E-state index in [-0.39, 0.29) is 11.9 Å². The van der Waals surface area contributed by atoms with E-state index in [1.54, 1.807) is 25.1 Å². The summed E-state index contributed by atoms with van der Waals surface area (Å²) in [6.07, 6.45) is 4.08. The van der Waals surface area contributed by atoms with Crippen molar-refractivity contribution < 1.29 is 19.1 Å². The van der Waals surface area contributed by atoms with Crippen LogP contribution in [0.15, 0.2) is 54.6 Å². The number of carbonyl (C=O) groups is 2. The number of amides is 1. The lowest BCUT2D eigenvalue weighted by molar-refractivity contribution is -0.137. The first-order chi connectivity index (χ1) is 13.1. The van der Waals surface area contributed by atoms with Crippen LogP contribution in [0.1, 0.15) is 30.9 Å². The molecule has 2 aromatic rings. The molecule has 0 heterocycles. The molecule has 0 aromatic heterocycles. The normalized spacial score (nSPS) is 10.6. The maximum atomic E-state index is 12.0. The van der Waals surface area contributed by atoms with Crippen LogP contribution < -0.4 is 10.1 Å². The highest BCUT2D eigenvalue weighted by Gasteiger charge is 2.03. The predicted octanol–water partition coefficient (Wildman–Crippen LogP) is 4.37. The Morgan fingerprint density at radius 1 is 1.04 bits per heavy atom. The fraction of sp³-hybridized carbons (Fsp3) is 0.273. The molecular formula is C22H25NO4. The third-order valence-electron chi connectivity index (χ3n) is 3.73. The van der Waals surface area contributed by atoms with Gasteiger partial charge in [0.1, 0.15) is 5.75 Å². The molecule has 0 spiro atoms. The molecule has 5 heteroatoms. The third kappa shape index (κ3) is 7.77. The number of hydrogen-bond acceptors (Lipinski definition) is 4. The second-order valence-electron chi connectivity index (χ2n) is 6.02. The molecule has 0 radical (unpaired) electrons. The topological polar surface area (TPSA) is 64.6 Å². The summed E-state index contributed by atoms with van der Waals surface area (Å²) in [6.45, 7) is 4.63. The minimum Gasteiger partial charge on any atom is -0.494 e. The molecule has 0 saturated carbocycles. The first-order valence-corrected chi connectivity index (χ1v) is 9.01. The molecule has 27 heavy (non-hydrogen) atoms. The molecule has 0 aliphatic rings. The summed E-state index contributed by atoms with van der Waals surface area (Å²) < 4.78 is 10.4. The Kier molecular flexibility index (Phi) is 8.10. The van der Waals surface area contributed by atoms with Crippen LogP contribution in [0.25, 0.3) is 6.08 Å². The largest absolute Gasteiger partial charge is 0.494 e. The van der Waals surface area contributed by atoms with Crippen LogP contribution in [0.3, 0.4) is 0 Å². The highest BCUT2D eigenvalue weighted by Crippen LogP contribution is 2.13. The molecule has 0 aliphatic heterocycles. The number of nitrogens with one attached hydrogen (secondary N) is 1. The van der Waals surface area contributed by atoms with Crippen LogP contribution in [-0.4, -0.2) is 25.1 Å². The first kappa shape index (κ1) is 20.2. The minimum atomic E-state index is -0.372. The van der Waals surface area contributed by atoms with Gasteiger partial charge >= 0.3 is 5.97 Å². The van der Waals surface area contributed by atoms with Crippen molar-refractivity contribution in [2.45, 2.75) is 26.7 Å². The number of rotatable bonds is 9. The monoisotopic (exact) mass is 367 g/mol. The van der Waals surface area contributed by atoms with Crippen molar-refractivity contribution in [3.63, 3.8) is 0 Å². The zero-order valence-corrected chi connectivity index (χ0v) is 15.7. The Labute approximate surface area is 160 Å². The number of benzene rings is 2. The number of aryl methyl sites for hydroxylation is 1. The Balaban J connectivity index is 1.70. The molecular weight excluding hydrogens is 342 g/mol. The average Bonchev–Trinajstić information content (AvgIpc) is 2.66. The van der Waals surface area contributed by atoms with E-state index >= 15 is 0 Å². The number of carbonyl (C=O) groups excluding carboxylic acids is 2. The Bertz CT molecular complexity index is 764. The molecule has 1 amide bonds. The highest BCUT2D eigenvalue weighted by atomic mass is 16.5. The maximum absolute atomic E-state index is 12.0. The molecule has 0 atom stereocenters. The van der Waals surface area contributed by atoms with Gasteiger partial charge in [0.2, 0.25) is 5.91 Å². The van der Waals surface area contributed by atoms with Crippen molar-refractivity contribution in [2.24, 2.45) is 0 Å². The van der Waals surface area contributed by atoms with Gasteiger partial charge in [0.15, 0.2) is 0 Å². The smallest absolute Gasteiger partial charge is 0.330 e. The standard InChI is InChI=1S/C22H25NO4/c1-3-26-22(25)15-10-18-8-11-19(12-9-18)23-21(24)5-4-16-27-20-13-6-17(2)7-14-20/h6-15H,3-5,16H2,1-2H3,(H,23,24)/b15-10+. The summed E-state index contributed by atoms with van der Waals surface area (Å²) in [6, 6.07) is 15.1. The van der Waals surface area contributed by atoms with Gasteiger partial charge in [-0.1, -0.05) is 29.8 Å². The van der Waals surface area contributed by atoms with Gasteiger partial charge in [0.05, 0.1) is 13.2 Å². The van der Waals surface area contributed by atoms with Gasteiger partial charge in [-0.2, -0.15) is 0 Å². The Morgan fingerprint density at radius 3 is 2.41 bits per heavy atom. The van der Waals surface area contributed by atoms with E-state index in [0.717, 1.165) is 11.3 Å². The second-order valence-corrected chi connectivity index (χ2v) is 6.02. The Morgan fingerprint density at radius 2 is 1.74 bits per heavy atom. The zero-order valence-electron chi connectivity index (χ0n) is 15.7. The summed E-state index contributed by atoms with van der Waals surface area (Å²) in [5, 5.41) is 2.85. The predicted molar refractivity (Wildman–Crippen MR) is 107 cm³/mol. The maximum Gasteiger partial charge on any atom is 0.330 e. The van der Waals surface area contributed by atoms with Gasteiger partial charge in [0.25, 0.3) is 0 Å². The molecule has 2 aromatic carbocycles. The molecule has 0 fully saturated rings. The summed E-state index contributed by atoms with van der Waals surface area (Å²) in [5.41, 5.74) is 2.75. The molecule has 142 valence electrons. The third-order valence-corrected chi connectivity index (χ3v) is 3.73. The van der Waals surface area contributed by atoms with Crippen molar-refractivity contribution in [2.75, 3.05) is 18.5 Å². The zero-order chi connectivity index (χ0) is 19.5. The van der Waals surface area contributed by atoms with Crippen molar-refractivity contribution in [1.82, 2.24) is 0 Å². The van der Waals surface area contributed by atoms with Crippen LogP contribution in [0.4, 0.5) is 5.69 Å². The van der Waals surface area contributed by atoms with Crippen molar-refractivity contribution in [3.8, 4) is 5.75 Å². The first-order valence-electron chi connectivity index (χ1n) is 9.01. The van der Waals surface area contributed by atoms with Crippen LogP contribution in [0, 0.1) is 6.92 Å². The van der Waals surface area contributed by atoms with Gasteiger partial charge in [0, 0.05) is 18.2 Å². The molecule has 0 saturated heterocycles. The van der Waals surface area contributed by atoms with Crippen LogP contribution in [-0.2, 0) is 14.3 Å². The van der Waals surface area contributed by atoms with Crippen molar-refractivity contribution >= 4 is 23.6 Å². The Hall–Kier alpha value is -3.08. The number of ether oxygens (including phenoxy) is 2.